The fourth-order valence-electron chi connectivity index (χ4n) is 2.57. The molecule has 0 aromatic heterocycles. The molecule has 0 radical (unpaired) electrons. The van der Waals surface area contributed by atoms with Crippen LogP contribution in [0.2, 0.25) is 0 Å². The van der Waals surface area contributed by atoms with Crippen LogP contribution >= 0.6 is 0 Å². The fourth-order valence-corrected chi connectivity index (χ4v) is 2.57. The van der Waals surface area contributed by atoms with Crippen molar-refractivity contribution in [2.45, 2.75) is 45.4 Å². The molecule has 1 aromatic carbocycles. The van der Waals surface area contributed by atoms with Gasteiger partial charge in [-0.15, -0.1) is 0 Å². The van der Waals surface area contributed by atoms with E-state index in [1.165, 1.54) is 0 Å². The molecular weight excluding hydrogens is 224 g/mol. The van der Waals surface area contributed by atoms with Gasteiger partial charge in [0.2, 0.25) is 0 Å². The fraction of sp³-hybridized carbons (Fsp3) is 0.562. The van der Waals surface area contributed by atoms with Gasteiger partial charge in [0.1, 0.15) is 11.5 Å². The second-order valence-corrected chi connectivity index (χ2v) is 5.32. The van der Waals surface area contributed by atoms with E-state index in [2.05, 4.69) is 13.8 Å². The Morgan fingerprint density at radius 2 is 1.94 bits per heavy atom. The van der Waals surface area contributed by atoms with E-state index in [1.807, 2.05) is 24.3 Å². The third kappa shape index (κ3) is 3.12. The van der Waals surface area contributed by atoms with E-state index in [0.29, 0.717) is 11.7 Å². The van der Waals surface area contributed by atoms with E-state index < -0.39 is 0 Å². The zero-order valence-electron chi connectivity index (χ0n) is 11.3. The highest BCUT2D eigenvalue weighted by Crippen LogP contribution is 2.33. The average Bonchev–Trinajstić information content (AvgIpc) is 2.37. The Morgan fingerprint density at radius 3 is 2.56 bits per heavy atom. The maximum atomic E-state index is 12.0. The van der Waals surface area contributed by atoms with E-state index in [1.54, 1.807) is 0 Å². The molecule has 1 aliphatic carbocycles. The summed E-state index contributed by atoms with van der Waals surface area (Å²) in [6.45, 7) is 5.01. The first-order chi connectivity index (χ1) is 8.70. The minimum atomic E-state index is 0.112. The maximum absolute atomic E-state index is 12.0. The molecule has 2 nitrogen and oxygen atoms in total. The van der Waals surface area contributed by atoms with Gasteiger partial charge in [0, 0.05) is 12.3 Å². The molecule has 0 amide bonds. The molecule has 0 bridgehead atoms. The van der Waals surface area contributed by atoms with Crippen LogP contribution in [0.1, 0.15) is 51.0 Å². The zero-order valence-corrected chi connectivity index (χ0v) is 11.3. The number of carbonyl (C=O) groups excluding carboxylic acids is 1. The molecule has 2 heteroatoms. The molecule has 0 heterocycles. The van der Waals surface area contributed by atoms with Crippen LogP contribution in [-0.2, 0) is 4.79 Å². The third-order valence-electron chi connectivity index (χ3n) is 3.64. The maximum Gasteiger partial charge on any atom is 0.140 e. The molecule has 2 unspecified atom stereocenters. The van der Waals surface area contributed by atoms with Gasteiger partial charge in [-0.25, -0.2) is 0 Å². The summed E-state index contributed by atoms with van der Waals surface area (Å²) in [7, 11) is 0. The van der Waals surface area contributed by atoms with Crippen molar-refractivity contribution in [3.05, 3.63) is 29.8 Å². The first-order valence-corrected chi connectivity index (χ1v) is 6.96. The molecule has 2 rings (SSSR count). The van der Waals surface area contributed by atoms with Gasteiger partial charge in [0.25, 0.3) is 0 Å². The first-order valence-electron chi connectivity index (χ1n) is 6.96. The molecule has 98 valence electrons. The summed E-state index contributed by atoms with van der Waals surface area (Å²) >= 11 is 0. The van der Waals surface area contributed by atoms with Gasteiger partial charge >= 0.3 is 0 Å². The van der Waals surface area contributed by atoms with Crippen molar-refractivity contribution < 1.29 is 9.53 Å². The normalized spacial score (nSPS) is 24.0. The predicted molar refractivity (Wildman–Crippen MR) is 73.0 cm³/mol. The van der Waals surface area contributed by atoms with Crippen LogP contribution in [0.25, 0.3) is 0 Å². The van der Waals surface area contributed by atoms with E-state index >= 15 is 0 Å². The summed E-state index contributed by atoms with van der Waals surface area (Å²) in [4.78, 5) is 12.0. The first kappa shape index (κ1) is 13.1. The largest absolute Gasteiger partial charge is 0.494 e. The highest BCUT2D eigenvalue weighted by atomic mass is 16.5. The molecule has 0 saturated heterocycles. The number of benzene rings is 1. The SMILES string of the molecule is CCCOc1ccc(C2CCC(C)CC2=O)cc1. The number of ketones is 1. The minimum Gasteiger partial charge on any atom is -0.494 e. The highest BCUT2D eigenvalue weighted by Gasteiger charge is 2.27. The van der Waals surface area contributed by atoms with E-state index in [9.17, 15) is 4.79 Å². The monoisotopic (exact) mass is 246 g/mol. The Morgan fingerprint density at radius 1 is 1.22 bits per heavy atom. The van der Waals surface area contributed by atoms with Crippen molar-refractivity contribution in [1.82, 2.24) is 0 Å². The van der Waals surface area contributed by atoms with Gasteiger partial charge in [0.05, 0.1) is 6.61 Å². The van der Waals surface area contributed by atoms with Gasteiger partial charge in [0.15, 0.2) is 0 Å². The second kappa shape index (κ2) is 6.03. The molecule has 1 fully saturated rings. The molecule has 0 aliphatic heterocycles. The molecule has 1 aromatic rings. The summed E-state index contributed by atoms with van der Waals surface area (Å²) in [5.41, 5.74) is 1.15. The second-order valence-electron chi connectivity index (χ2n) is 5.32. The molecule has 0 N–H and O–H groups in total. The van der Waals surface area contributed by atoms with Crippen LogP contribution in [0.15, 0.2) is 24.3 Å². The molecule has 0 spiro atoms. The van der Waals surface area contributed by atoms with Crippen LogP contribution in [0, 0.1) is 5.92 Å². The van der Waals surface area contributed by atoms with E-state index in [4.69, 9.17) is 4.74 Å². The van der Waals surface area contributed by atoms with Gasteiger partial charge in [-0.1, -0.05) is 26.0 Å². The van der Waals surface area contributed by atoms with Crippen molar-refractivity contribution >= 4 is 5.78 Å². The van der Waals surface area contributed by atoms with E-state index in [-0.39, 0.29) is 5.92 Å². The molecule has 2 atom stereocenters. The van der Waals surface area contributed by atoms with Crippen LogP contribution in [0.4, 0.5) is 0 Å². The standard InChI is InChI=1S/C16H22O2/c1-3-10-18-14-7-5-13(6-8-14)15-9-4-12(2)11-16(15)17/h5-8,12,15H,3-4,9-11H2,1-2H3. The van der Waals surface area contributed by atoms with Crippen LogP contribution in [-0.4, -0.2) is 12.4 Å². The molecule has 1 aliphatic rings. The lowest BCUT2D eigenvalue weighted by atomic mass is 9.78. The molecule has 18 heavy (non-hydrogen) atoms. The smallest absolute Gasteiger partial charge is 0.140 e. The van der Waals surface area contributed by atoms with Gasteiger partial charge in [-0.05, 0) is 42.9 Å². The number of ether oxygens (including phenoxy) is 1. The Bertz CT molecular complexity index is 394. The zero-order chi connectivity index (χ0) is 13.0. The topological polar surface area (TPSA) is 26.3 Å². The van der Waals surface area contributed by atoms with Crippen molar-refractivity contribution in [1.29, 1.82) is 0 Å². The summed E-state index contributed by atoms with van der Waals surface area (Å²) in [5.74, 6) is 1.97. The Balaban J connectivity index is 2.02. The van der Waals surface area contributed by atoms with Crippen LogP contribution in [0.3, 0.4) is 0 Å². The summed E-state index contributed by atoms with van der Waals surface area (Å²) in [6.07, 6.45) is 3.90. The average molecular weight is 246 g/mol. The minimum absolute atomic E-state index is 0.112. The number of hydrogen-bond acceptors (Lipinski definition) is 2. The summed E-state index contributed by atoms with van der Waals surface area (Å²) < 4.78 is 5.56. The molecule has 1 saturated carbocycles. The van der Waals surface area contributed by atoms with Crippen LogP contribution < -0.4 is 4.74 Å². The van der Waals surface area contributed by atoms with Crippen molar-refractivity contribution in [3.63, 3.8) is 0 Å². The van der Waals surface area contributed by atoms with Gasteiger partial charge in [-0.3, -0.25) is 4.79 Å². The lowest BCUT2D eigenvalue weighted by molar-refractivity contribution is -0.123. The number of carbonyl (C=O) groups is 1. The van der Waals surface area contributed by atoms with Crippen molar-refractivity contribution in [2.24, 2.45) is 5.92 Å². The lowest BCUT2D eigenvalue weighted by Crippen LogP contribution is -2.21. The van der Waals surface area contributed by atoms with E-state index in [0.717, 1.165) is 43.6 Å². The van der Waals surface area contributed by atoms with Crippen molar-refractivity contribution in [3.8, 4) is 5.75 Å². The quantitative estimate of drug-likeness (QED) is 0.804. The Hall–Kier alpha value is -1.31. The number of Topliss-reactive ketones (excluding diaryl/α,β-unsaturated/α-hetero) is 1. The van der Waals surface area contributed by atoms with Gasteiger partial charge < -0.3 is 4.74 Å². The molecular formula is C16H22O2. The Kier molecular flexibility index (Phi) is 4.40. The summed E-state index contributed by atoms with van der Waals surface area (Å²) in [5, 5.41) is 0. The van der Waals surface area contributed by atoms with Crippen molar-refractivity contribution in [2.75, 3.05) is 6.61 Å². The predicted octanol–water partition coefficient (Wildman–Crippen LogP) is 3.95. The number of hydrogen-bond donors (Lipinski definition) is 0. The lowest BCUT2D eigenvalue weighted by Gasteiger charge is -2.25. The highest BCUT2D eigenvalue weighted by molar-refractivity contribution is 5.86. The Labute approximate surface area is 109 Å². The van der Waals surface area contributed by atoms with Gasteiger partial charge in [-0.2, -0.15) is 0 Å². The van der Waals surface area contributed by atoms with Crippen LogP contribution in [0.5, 0.6) is 5.75 Å². The number of rotatable bonds is 4. The third-order valence-corrected chi connectivity index (χ3v) is 3.64. The summed E-state index contributed by atoms with van der Waals surface area (Å²) in [6, 6.07) is 8.06.